The summed E-state index contributed by atoms with van der Waals surface area (Å²) >= 11 is 0. The van der Waals surface area contributed by atoms with Crippen molar-refractivity contribution in [2.75, 3.05) is 13.1 Å². The number of piperidine rings is 1. The first-order chi connectivity index (χ1) is 7.24. The number of carbonyl (C=O) groups is 1. The van der Waals surface area contributed by atoms with Gasteiger partial charge in [-0.1, -0.05) is 19.8 Å². The summed E-state index contributed by atoms with van der Waals surface area (Å²) in [7, 11) is 0. The number of hydrogen-bond acceptors (Lipinski definition) is 2. The predicted molar refractivity (Wildman–Crippen MR) is 61.5 cm³/mol. The SMILES string of the molecule is CCCCNC(=O)NN1CCCCC1C. The number of nitrogens with zero attached hydrogens (tertiary/aromatic N) is 1. The van der Waals surface area contributed by atoms with Crippen molar-refractivity contribution in [3.05, 3.63) is 0 Å². The molecule has 0 radical (unpaired) electrons. The molecule has 0 spiro atoms. The van der Waals surface area contributed by atoms with Crippen molar-refractivity contribution in [2.45, 2.75) is 52.0 Å². The minimum absolute atomic E-state index is 0.0581. The van der Waals surface area contributed by atoms with Crippen molar-refractivity contribution in [2.24, 2.45) is 0 Å². The van der Waals surface area contributed by atoms with Crippen molar-refractivity contribution in [1.82, 2.24) is 15.8 Å². The molecule has 1 rings (SSSR count). The third kappa shape index (κ3) is 4.51. The molecule has 0 aromatic rings. The second kappa shape index (κ2) is 6.67. The molecule has 4 heteroatoms. The lowest BCUT2D eigenvalue weighted by Crippen LogP contribution is -2.53. The second-order valence-electron chi connectivity index (χ2n) is 4.26. The van der Waals surface area contributed by atoms with Gasteiger partial charge in [0.1, 0.15) is 0 Å². The van der Waals surface area contributed by atoms with Gasteiger partial charge in [-0.25, -0.2) is 9.80 Å². The molecule has 1 heterocycles. The number of urea groups is 1. The summed E-state index contributed by atoms with van der Waals surface area (Å²) in [4.78, 5) is 11.5. The van der Waals surface area contributed by atoms with Gasteiger partial charge in [0.2, 0.25) is 0 Å². The van der Waals surface area contributed by atoms with Crippen molar-refractivity contribution < 1.29 is 4.79 Å². The fourth-order valence-corrected chi connectivity index (χ4v) is 1.81. The number of rotatable bonds is 4. The highest BCUT2D eigenvalue weighted by Crippen LogP contribution is 2.13. The van der Waals surface area contributed by atoms with Crippen LogP contribution in [0.15, 0.2) is 0 Å². The van der Waals surface area contributed by atoms with Gasteiger partial charge in [0.25, 0.3) is 0 Å². The Labute approximate surface area is 92.4 Å². The molecular weight excluding hydrogens is 190 g/mol. The highest BCUT2D eigenvalue weighted by atomic mass is 16.2. The smallest absolute Gasteiger partial charge is 0.329 e. The monoisotopic (exact) mass is 213 g/mol. The molecule has 1 saturated heterocycles. The van der Waals surface area contributed by atoms with E-state index in [0.29, 0.717) is 6.04 Å². The topological polar surface area (TPSA) is 44.4 Å². The van der Waals surface area contributed by atoms with Crippen LogP contribution in [-0.2, 0) is 0 Å². The van der Waals surface area contributed by atoms with E-state index in [1.54, 1.807) is 0 Å². The van der Waals surface area contributed by atoms with Crippen molar-refractivity contribution in [1.29, 1.82) is 0 Å². The first-order valence-corrected chi connectivity index (χ1v) is 6.05. The highest BCUT2D eigenvalue weighted by Gasteiger charge is 2.19. The molecule has 1 aliphatic rings. The normalized spacial score (nSPS) is 22.4. The Kier molecular flexibility index (Phi) is 5.47. The standard InChI is InChI=1S/C11H23N3O/c1-3-4-8-12-11(15)13-14-9-6-5-7-10(14)2/h10H,3-9H2,1-2H3,(H2,12,13,15). The van der Waals surface area contributed by atoms with E-state index in [0.717, 1.165) is 25.9 Å². The van der Waals surface area contributed by atoms with Gasteiger partial charge < -0.3 is 5.32 Å². The maximum atomic E-state index is 11.5. The third-order valence-electron chi connectivity index (χ3n) is 2.86. The Morgan fingerprint density at radius 1 is 1.47 bits per heavy atom. The number of nitrogens with one attached hydrogen (secondary N) is 2. The first kappa shape index (κ1) is 12.3. The molecule has 15 heavy (non-hydrogen) atoms. The first-order valence-electron chi connectivity index (χ1n) is 6.05. The van der Waals surface area contributed by atoms with Gasteiger partial charge in [0, 0.05) is 19.1 Å². The second-order valence-corrected chi connectivity index (χ2v) is 4.26. The molecule has 88 valence electrons. The van der Waals surface area contributed by atoms with Crippen LogP contribution in [0.4, 0.5) is 4.79 Å². The van der Waals surface area contributed by atoms with Crippen LogP contribution in [0, 0.1) is 0 Å². The van der Waals surface area contributed by atoms with Gasteiger partial charge in [-0.3, -0.25) is 5.43 Å². The molecule has 4 nitrogen and oxygen atoms in total. The summed E-state index contributed by atoms with van der Waals surface area (Å²) in [5.41, 5.74) is 2.91. The van der Waals surface area contributed by atoms with Crippen LogP contribution in [0.25, 0.3) is 0 Å². The van der Waals surface area contributed by atoms with Gasteiger partial charge in [-0.15, -0.1) is 0 Å². The molecule has 1 fully saturated rings. The average Bonchev–Trinajstić information content (AvgIpc) is 2.22. The van der Waals surface area contributed by atoms with E-state index in [2.05, 4.69) is 24.6 Å². The van der Waals surface area contributed by atoms with Crippen LogP contribution in [0.1, 0.15) is 46.0 Å². The molecule has 1 aliphatic heterocycles. The Bertz CT molecular complexity index is 196. The largest absolute Gasteiger partial charge is 0.337 e. The van der Waals surface area contributed by atoms with Gasteiger partial charge in [0.05, 0.1) is 0 Å². The Morgan fingerprint density at radius 3 is 2.93 bits per heavy atom. The molecule has 0 aliphatic carbocycles. The van der Waals surface area contributed by atoms with E-state index >= 15 is 0 Å². The van der Waals surface area contributed by atoms with Crippen LogP contribution in [0.3, 0.4) is 0 Å². The average molecular weight is 213 g/mol. The highest BCUT2D eigenvalue weighted by molar-refractivity contribution is 5.73. The molecule has 0 aromatic carbocycles. The van der Waals surface area contributed by atoms with E-state index in [-0.39, 0.29) is 6.03 Å². The summed E-state index contributed by atoms with van der Waals surface area (Å²) in [6.45, 7) is 6.02. The molecule has 1 atom stereocenters. The lowest BCUT2D eigenvalue weighted by Gasteiger charge is -2.33. The maximum Gasteiger partial charge on any atom is 0.329 e. The fraction of sp³-hybridized carbons (Fsp3) is 0.909. The summed E-state index contributed by atoms with van der Waals surface area (Å²) in [6, 6.07) is 0.410. The van der Waals surface area contributed by atoms with Crippen LogP contribution in [-0.4, -0.2) is 30.2 Å². The Balaban J connectivity index is 2.18. The molecular formula is C11H23N3O. The van der Waals surface area contributed by atoms with Crippen molar-refractivity contribution in [3.8, 4) is 0 Å². The number of amides is 2. The minimum atomic E-state index is -0.0581. The van der Waals surface area contributed by atoms with E-state index in [1.165, 1.54) is 19.3 Å². The lowest BCUT2D eigenvalue weighted by atomic mass is 10.1. The maximum absolute atomic E-state index is 11.5. The molecule has 0 bridgehead atoms. The van der Waals surface area contributed by atoms with Gasteiger partial charge in [-0.2, -0.15) is 0 Å². The van der Waals surface area contributed by atoms with Crippen LogP contribution in [0.5, 0.6) is 0 Å². The van der Waals surface area contributed by atoms with Gasteiger partial charge in [0.15, 0.2) is 0 Å². The molecule has 2 amide bonds. The molecule has 1 unspecified atom stereocenters. The molecule has 0 aromatic heterocycles. The number of hydrogen-bond donors (Lipinski definition) is 2. The van der Waals surface area contributed by atoms with E-state index in [4.69, 9.17) is 0 Å². The zero-order valence-corrected chi connectivity index (χ0v) is 9.88. The zero-order chi connectivity index (χ0) is 11.1. The Hall–Kier alpha value is -0.770. The van der Waals surface area contributed by atoms with E-state index in [1.807, 2.05) is 5.01 Å². The van der Waals surface area contributed by atoms with Crippen molar-refractivity contribution in [3.63, 3.8) is 0 Å². The summed E-state index contributed by atoms with van der Waals surface area (Å²) in [5.74, 6) is 0. The van der Waals surface area contributed by atoms with Crippen LogP contribution in [0.2, 0.25) is 0 Å². The van der Waals surface area contributed by atoms with Crippen molar-refractivity contribution >= 4 is 6.03 Å². The number of hydrazine groups is 1. The van der Waals surface area contributed by atoms with Gasteiger partial charge >= 0.3 is 6.03 Å². The number of carbonyl (C=O) groups excluding carboxylic acids is 1. The van der Waals surface area contributed by atoms with Crippen LogP contribution >= 0.6 is 0 Å². The summed E-state index contributed by atoms with van der Waals surface area (Å²) in [6.07, 6.45) is 5.79. The quantitative estimate of drug-likeness (QED) is 0.700. The summed E-state index contributed by atoms with van der Waals surface area (Å²) in [5, 5.41) is 4.91. The van der Waals surface area contributed by atoms with Crippen LogP contribution < -0.4 is 10.7 Å². The van der Waals surface area contributed by atoms with E-state index in [9.17, 15) is 4.79 Å². The fourth-order valence-electron chi connectivity index (χ4n) is 1.81. The lowest BCUT2D eigenvalue weighted by molar-refractivity contribution is 0.107. The Morgan fingerprint density at radius 2 is 2.27 bits per heavy atom. The summed E-state index contributed by atoms with van der Waals surface area (Å²) < 4.78 is 0. The van der Waals surface area contributed by atoms with Gasteiger partial charge in [-0.05, 0) is 26.2 Å². The minimum Gasteiger partial charge on any atom is -0.337 e. The van der Waals surface area contributed by atoms with E-state index < -0.39 is 0 Å². The molecule has 2 N–H and O–H groups in total. The predicted octanol–water partition coefficient (Wildman–Crippen LogP) is 1.88. The number of unbranched alkanes of at least 4 members (excludes halogenated alkanes) is 1. The third-order valence-corrected chi connectivity index (χ3v) is 2.86. The zero-order valence-electron chi connectivity index (χ0n) is 9.88. The molecule has 0 saturated carbocycles.